The average Bonchev–Trinajstić information content (AvgIpc) is 3.00. The van der Waals surface area contributed by atoms with Crippen LogP contribution in [0.4, 0.5) is 5.69 Å². The van der Waals surface area contributed by atoms with Gasteiger partial charge < -0.3 is 10.6 Å². The Morgan fingerprint density at radius 2 is 2.19 bits per heavy atom. The van der Waals surface area contributed by atoms with E-state index in [-0.39, 0.29) is 18.3 Å². The van der Waals surface area contributed by atoms with Gasteiger partial charge in [0.05, 0.1) is 0 Å². The first kappa shape index (κ1) is 12.8. The minimum absolute atomic E-state index is 0. The van der Waals surface area contributed by atoms with Crippen LogP contribution in [0.5, 0.6) is 0 Å². The third kappa shape index (κ3) is 3.14. The zero-order valence-corrected chi connectivity index (χ0v) is 10.2. The number of carbonyl (C=O) groups excluding carboxylic acids is 1. The Balaban J connectivity index is 0.00000128. The van der Waals surface area contributed by atoms with Crippen molar-refractivity contribution < 1.29 is 4.79 Å². The first-order valence-electron chi connectivity index (χ1n) is 5.28. The highest BCUT2D eigenvalue weighted by Gasteiger charge is 2.25. The van der Waals surface area contributed by atoms with Gasteiger partial charge in [-0.15, -0.1) is 12.4 Å². The third-order valence-electron chi connectivity index (χ3n) is 2.71. The van der Waals surface area contributed by atoms with E-state index in [4.69, 9.17) is 5.73 Å². The molecule has 1 aromatic rings. The number of rotatable bonds is 3. The molecule has 0 aromatic heterocycles. The summed E-state index contributed by atoms with van der Waals surface area (Å²) >= 11 is 0. The lowest BCUT2D eigenvalue weighted by molar-refractivity contribution is 0.0789. The number of amides is 1. The van der Waals surface area contributed by atoms with E-state index in [2.05, 4.69) is 0 Å². The molecule has 0 atom stereocenters. The van der Waals surface area contributed by atoms with Gasteiger partial charge in [-0.3, -0.25) is 4.79 Å². The highest BCUT2D eigenvalue weighted by molar-refractivity contribution is 5.94. The third-order valence-corrected chi connectivity index (χ3v) is 2.71. The molecule has 2 N–H and O–H groups in total. The molecule has 3 nitrogen and oxygen atoms in total. The minimum Gasteiger partial charge on any atom is -0.399 e. The van der Waals surface area contributed by atoms with E-state index >= 15 is 0 Å². The van der Waals surface area contributed by atoms with E-state index in [1.165, 1.54) is 12.8 Å². The lowest BCUT2D eigenvalue weighted by Gasteiger charge is -2.16. The first-order valence-corrected chi connectivity index (χ1v) is 5.28. The van der Waals surface area contributed by atoms with Gasteiger partial charge in [0, 0.05) is 24.8 Å². The fraction of sp³-hybridized carbons (Fsp3) is 0.417. The van der Waals surface area contributed by atoms with E-state index < -0.39 is 0 Å². The summed E-state index contributed by atoms with van der Waals surface area (Å²) in [6.45, 7) is 0.869. The number of hydrogen-bond donors (Lipinski definition) is 1. The summed E-state index contributed by atoms with van der Waals surface area (Å²) in [6.07, 6.45) is 2.52. The van der Waals surface area contributed by atoms with Crippen LogP contribution in [0.1, 0.15) is 23.2 Å². The molecular formula is C12H17ClN2O. The molecule has 1 aliphatic rings. The van der Waals surface area contributed by atoms with Crippen molar-refractivity contribution in [2.45, 2.75) is 12.8 Å². The second-order valence-electron chi connectivity index (χ2n) is 4.25. The number of hydrogen-bond acceptors (Lipinski definition) is 2. The number of nitrogens with zero attached hydrogens (tertiary/aromatic N) is 1. The maximum atomic E-state index is 11.9. The second-order valence-corrected chi connectivity index (χ2v) is 4.25. The Bertz CT molecular complexity index is 377. The van der Waals surface area contributed by atoms with E-state index in [0.29, 0.717) is 11.3 Å². The van der Waals surface area contributed by atoms with Crippen LogP contribution < -0.4 is 5.73 Å². The standard InChI is InChI=1S/C12H16N2O.ClH/c1-14(8-9-5-6-9)12(15)10-3-2-4-11(13)7-10;/h2-4,7,9H,5-6,8,13H2,1H3;1H. The monoisotopic (exact) mass is 240 g/mol. The largest absolute Gasteiger partial charge is 0.399 e. The quantitative estimate of drug-likeness (QED) is 0.824. The van der Waals surface area contributed by atoms with Gasteiger partial charge in [-0.2, -0.15) is 0 Å². The zero-order chi connectivity index (χ0) is 10.8. The average molecular weight is 241 g/mol. The Morgan fingerprint density at radius 1 is 1.50 bits per heavy atom. The Labute approximate surface area is 102 Å². The number of nitrogens with two attached hydrogens (primary N) is 1. The minimum atomic E-state index is 0. The molecule has 1 saturated carbocycles. The van der Waals surface area contributed by atoms with Gasteiger partial charge in [0.2, 0.25) is 0 Å². The summed E-state index contributed by atoms with van der Waals surface area (Å²) in [5.74, 6) is 0.786. The number of nitrogen functional groups attached to an aromatic ring is 1. The molecule has 88 valence electrons. The fourth-order valence-corrected chi connectivity index (χ4v) is 1.66. The summed E-state index contributed by atoms with van der Waals surface area (Å²) in [5, 5.41) is 0. The van der Waals surface area contributed by atoms with Crippen molar-refractivity contribution in [2.75, 3.05) is 19.3 Å². The Hall–Kier alpha value is -1.22. The highest BCUT2D eigenvalue weighted by Crippen LogP contribution is 2.29. The molecule has 0 bridgehead atoms. The van der Waals surface area contributed by atoms with Crippen LogP contribution in [0, 0.1) is 5.92 Å². The van der Waals surface area contributed by atoms with E-state index in [9.17, 15) is 4.79 Å². The smallest absolute Gasteiger partial charge is 0.253 e. The lowest BCUT2D eigenvalue weighted by Crippen LogP contribution is -2.28. The lowest BCUT2D eigenvalue weighted by atomic mass is 10.2. The van der Waals surface area contributed by atoms with Crippen LogP contribution in [-0.4, -0.2) is 24.4 Å². The van der Waals surface area contributed by atoms with Crippen molar-refractivity contribution in [3.8, 4) is 0 Å². The molecule has 0 unspecified atom stereocenters. The van der Waals surface area contributed by atoms with E-state index in [1.54, 1.807) is 17.0 Å². The normalized spacial score (nSPS) is 14.1. The van der Waals surface area contributed by atoms with Crippen LogP contribution in [-0.2, 0) is 0 Å². The molecule has 1 aromatic carbocycles. The summed E-state index contributed by atoms with van der Waals surface area (Å²) in [7, 11) is 1.85. The topological polar surface area (TPSA) is 46.3 Å². The molecule has 1 fully saturated rings. The maximum Gasteiger partial charge on any atom is 0.253 e. The van der Waals surface area contributed by atoms with Crippen molar-refractivity contribution in [1.82, 2.24) is 4.90 Å². The van der Waals surface area contributed by atoms with Crippen molar-refractivity contribution >= 4 is 24.0 Å². The predicted molar refractivity (Wildman–Crippen MR) is 67.8 cm³/mol. The molecule has 1 aliphatic carbocycles. The van der Waals surface area contributed by atoms with Crippen molar-refractivity contribution in [2.24, 2.45) is 5.92 Å². The fourth-order valence-electron chi connectivity index (χ4n) is 1.66. The van der Waals surface area contributed by atoms with Crippen LogP contribution in [0.15, 0.2) is 24.3 Å². The molecule has 1 amide bonds. The van der Waals surface area contributed by atoms with Crippen LogP contribution in [0.25, 0.3) is 0 Å². The Kier molecular flexibility index (Phi) is 4.19. The van der Waals surface area contributed by atoms with Gasteiger partial charge >= 0.3 is 0 Å². The molecule has 0 aliphatic heterocycles. The molecule has 4 heteroatoms. The van der Waals surface area contributed by atoms with E-state index in [0.717, 1.165) is 12.5 Å². The molecule has 16 heavy (non-hydrogen) atoms. The highest BCUT2D eigenvalue weighted by atomic mass is 35.5. The SMILES string of the molecule is CN(CC1CC1)C(=O)c1cccc(N)c1.Cl. The summed E-state index contributed by atoms with van der Waals surface area (Å²) < 4.78 is 0. The van der Waals surface area contributed by atoms with Crippen LogP contribution in [0.2, 0.25) is 0 Å². The zero-order valence-electron chi connectivity index (χ0n) is 9.35. The summed E-state index contributed by atoms with van der Waals surface area (Å²) in [4.78, 5) is 13.7. The number of benzene rings is 1. The Morgan fingerprint density at radius 3 is 2.75 bits per heavy atom. The second kappa shape index (κ2) is 5.21. The van der Waals surface area contributed by atoms with Gasteiger partial charge in [-0.1, -0.05) is 6.07 Å². The van der Waals surface area contributed by atoms with Gasteiger partial charge in [-0.05, 0) is 37.0 Å². The van der Waals surface area contributed by atoms with Gasteiger partial charge in [0.1, 0.15) is 0 Å². The summed E-state index contributed by atoms with van der Waals surface area (Å²) in [5.41, 5.74) is 6.96. The molecule has 2 rings (SSSR count). The molecule has 0 saturated heterocycles. The molecular weight excluding hydrogens is 224 g/mol. The van der Waals surface area contributed by atoms with Gasteiger partial charge in [0.25, 0.3) is 5.91 Å². The van der Waals surface area contributed by atoms with Gasteiger partial charge in [0.15, 0.2) is 0 Å². The van der Waals surface area contributed by atoms with Crippen LogP contribution >= 0.6 is 12.4 Å². The summed E-state index contributed by atoms with van der Waals surface area (Å²) in [6, 6.07) is 7.14. The van der Waals surface area contributed by atoms with Crippen molar-refractivity contribution in [1.29, 1.82) is 0 Å². The maximum absolute atomic E-state index is 11.9. The molecule has 0 spiro atoms. The van der Waals surface area contributed by atoms with Crippen LogP contribution in [0.3, 0.4) is 0 Å². The number of anilines is 1. The molecule has 0 radical (unpaired) electrons. The van der Waals surface area contributed by atoms with E-state index in [1.807, 2.05) is 19.2 Å². The first-order chi connectivity index (χ1) is 7.16. The predicted octanol–water partition coefficient (Wildman–Crippen LogP) is 2.17. The molecule has 0 heterocycles. The number of carbonyl (C=O) groups is 1. The van der Waals surface area contributed by atoms with Crippen molar-refractivity contribution in [3.05, 3.63) is 29.8 Å². The van der Waals surface area contributed by atoms with Crippen molar-refractivity contribution in [3.63, 3.8) is 0 Å². The van der Waals surface area contributed by atoms with Gasteiger partial charge in [-0.25, -0.2) is 0 Å². The number of halogens is 1.